The van der Waals surface area contributed by atoms with Gasteiger partial charge in [0.15, 0.2) is 0 Å². The van der Waals surface area contributed by atoms with E-state index in [9.17, 15) is 18.4 Å². The molecular formula is C24H22F2N2O2. The highest BCUT2D eigenvalue weighted by Gasteiger charge is 2.11. The molecule has 0 aliphatic heterocycles. The molecule has 0 aliphatic carbocycles. The summed E-state index contributed by atoms with van der Waals surface area (Å²) in [7, 11) is 0. The van der Waals surface area contributed by atoms with Gasteiger partial charge in [-0.1, -0.05) is 24.3 Å². The molecular weight excluding hydrogens is 386 g/mol. The Hall–Kier alpha value is -3.54. The minimum absolute atomic E-state index is 0.0967. The monoisotopic (exact) mass is 408 g/mol. The Labute approximate surface area is 173 Å². The van der Waals surface area contributed by atoms with Gasteiger partial charge in [0.1, 0.15) is 11.6 Å². The summed E-state index contributed by atoms with van der Waals surface area (Å²) in [5.74, 6) is -1.12. The minimum atomic E-state index is -0.399. The van der Waals surface area contributed by atoms with Gasteiger partial charge in [0.25, 0.3) is 5.91 Å². The maximum atomic E-state index is 13.0. The first-order chi connectivity index (χ1) is 14.4. The zero-order chi connectivity index (χ0) is 21.5. The van der Waals surface area contributed by atoms with Gasteiger partial charge in [-0.3, -0.25) is 9.59 Å². The molecule has 1 unspecified atom stereocenters. The van der Waals surface area contributed by atoms with E-state index in [4.69, 9.17) is 0 Å². The maximum Gasteiger partial charge on any atom is 0.255 e. The zero-order valence-corrected chi connectivity index (χ0v) is 16.5. The zero-order valence-electron chi connectivity index (χ0n) is 16.5. The largest absolute Gasteiger partial charge is 0.350 e. The van der Waals surface area contributed by atoms with Gasteiger partial charge in [0.05, 0.1) is 6.04 Å². The number of halogens is 2. The van der Waals surface area contributed by atoms with Gasteiger partial charge >= 0.3 is 0 Å². The van der Waals surface area contributed by atoms with Gasteiger partial charge in [-0.25, -0.2) is 8.78 Å². The number of aryl methyl sites for hydroxylation is 1. The second-order valence-electron chi connectivity index (χ2n) is 7.00. The smallest absolute Gasteiger partial charge is 0.255 e. The Morgan fingerprint density at radius 1 is 0.833 bits per heavy atom. The number of benzene rings is 3. The van der Waals surface area contributed by atoms with Crippen molar-refractivity contribution in [2.24, 2.45) is 0 Å². The molecule has 0 saturated carbocycles. The van der Waals surface area contributed by atoms with Crippen LogP contribution in [0.2, 0.25) is 0 Å². The van der Waals surface area contributed by atoms with Crippen LogP contribution in [-0.2, 0) is 11.2 Å². The molecule has 6 heteroatoms. The lowest BCUT2D eigenvalue weighted by molar-refractivity contribution is -0.121. The molecule has 0 spiro atoms. The average Bonchev–Trinajstić information content (AvgIpc) is 2.74. The molecule has 30 heavy (non-hydrogen) atoms. The topological polar surface area (TPSA) is 58.2 Å². The Balaban J connectivity index is 1.50. The summed E-state index contributed by atoms with van der Waals surface area (Å²) in [5, 5.41) is 5.68. The number of rotatable bonds is 7. The highest BCUT2D eigenvalue weighted by molar-refractivity contribution is 6.04. The predicted octanol–water partition coefficient (Wildman–Crippen LogP) is 5.03. The second-order valence-corrected chi connectivity index (χ2v) is 7.00. The molecule has 1 atom stereocenters. The number of amides is 2. The molecule has 0 saturated heterocycles. The van der Waals surface area contributed by atoms with E-state index in [1.165, 1.54) is 36.4 Å². The van der Waals surface area contributed by atoms with Crippen LogP contribution >= 0.6 is 0 Å². The van der Waals surface area contributed by atoms with Gasteiger partial charge < -0.3 is 10.6 Å². The van der Waals surface area contributed by atoms with Gasteiger partial charge in [-0.2, -0.15) is 0 Å². The van der Waals surface area contributed by atoms with Crippen LogP contribution in [0.4, 0.5) is 14.5 Å². The van der Waals surface area contributed by atoms with Crippen LogP contribution in [0, 0.1) is 11.6 Å². The van der Waals surface area contributed by atoms with Gasteiger partial charge in [-0.15, -0.1) is 0 Å². The third-order valence-corrected chi connectivity index (χ3v) is 4.71. The number of hydrogen-bond acceptors (Lipinski definition) is 2. The minimum Gasteiger partial charge on any atom is -0.350 e. The molecule has 0 aliphatic rings. The molecule has 0 heterocycles. The predicted molar refractivity (Wildman–Crippen MR) is 112 cm³/mol. The van der Waals surface area contributed by atoms with Crippen molar-refractivity contribution < 1.29 is 18.4 Å². The van der Waals surface area contributed by atoms with Crippen molar-refractivity contribution in [2.45, 2.75) is 25.8 Å². The highest BCUT2D eigenvalue weighted by Crippen LogP contribution is 2.17. The first-order valence-corrected chi connectivity index (χ1v) is 9.61. The lowest BCUT2D eigenvalue weighted by atomic mass is 10.1. The molecule has 154 valence electrons. The summed E-state index contributed by atoms with van der Waals surface area (Å²) in [5.41, 5.74) is 2.76. The fourth-order valence-corrected chi connectivity index (χ4v) is 2.97. The Bertz CT molecular complexity index is 1000. The van der Waals surface area contributed by atoms with Crippen molar-refractivity contribution in [3.8, 4) is 0 Å². The van der Waals surface area contributed by atoms with Crippen molar-refractivity contribution >= 4 is 17.5 Å². The van der Waals surface area contributed by atoms with Crippen LogP contribution in [0.5, 0.6) is 0 Å². The van der Waals surface area contributed by atoms with Crippen LogP contribution in [0.15, 0.2) is 72.8 Å². The van der Waals surface area contributed by atoms with E-state index in [2.05, 4.69) is 10.6 Å². The molecule has 4 nitrogen and oxygen atoms in total. The van der Waals surface area contributed by atoms with Gasteiger partial charge in [-0.05, 0) is 73.0 Å². The molecule has 3 rings (SSSR count). The summed E-state index contributed by atoms with van der Waals surface area (Å²) in [6, 6.07) is 18.4. The first kappa shape index (κ1) is 21.2. The third kappa shape index (κ3) is 5.98. The van der Waals surface area contributed by atoms with Crippen LogP contribution in [0.25, 0.3) is 0 Å². The van der Waals surface area contributed by atoms with Crippen molar-refractivity contribution in [1.82, 2.24) is 5.32 Å². The van der Waals surface area contributed by atoms with Crippen LogP contribution in [-0.4, -0.2) is 11.8 Å². The second kappa shape index (κ2) is 9.78. The Kier molecular flexibility index (Phi) is 6.91. The summed E-state index contributed by atoms with van der Waals surface area (Å²) in [6.45, 7) is 1.88. The Morgan fingerprint density at radius 2 is 1.40 bits per heavy atom. The number of carbonyl (C=O) groups is 2. The van der Waals surface area contributed by atoms with Crippen LogP contribution in [0.3, 0.4) is 0 Å². The SMILES string of the molecule is CC(NC(=O)CCc1ccc(F)cc1)c1ccc(NC(=O)c2ccc(F)cc2)cc1. The van der Waals surface area contributed by atoms with Gasteiger partial charge in [0, 0.05) is 17.7 Å². The Morgan fingerprint density at radius 3 is 2.00 bits per heavy atom. The van der Waals surface area contributed by atoms with Crippen molar-refractivity contribution in [3.63, 3.8) is 0 Å². The third-order valence-electron chi connectivity index (χ3n) is 4.71. The molecule has 0 radical (unpaired) electrons. The number of hydrogen-bond donors (Lipinski definition) is 2. The number of anilines is 1. The van der Waals surface area contributed by atoms with E-state index in [0.717, 1.165) is 11.1 Å². The standard InChI is InChI=1S/C24H22F2N2O2/c1-16(27-23(29)15-4-17-2-9-20(25)10-3-17)18-7-13-22(14-8-18)28-24(30)19-5-11-21(26)12-6-19/h2-3,5-14,16H,4,15H2,1H3,(H,27,29)(H,28,30). The molecule has 3 aromatic carbocycles. The van der Waals surface area contributed by atoms with E-state index in [0.29, 0.717) is 24.1 Å². The normalized spacial score (nSPS) is 11.6. The lowest BCUT2D eigenvalue weighted by Crippen LogP contribution is -2.26. The van der Waals surface area contributed by atoms with Crippen molar-refractivity contribution in [2.75, 3.05) is 5.32 Å². The van der Waals surface area contributed by atoms with Crippen LogP contribution in [0.1, 0.15) is 40.9 Å². The summed E-state index contributed by atoms with van der Waals surface area (Å²) in [6.07, 6.45) is 0.842. The molecule has 3 aromatic rings. The number of nitrogens with one attached hydrogen (secondary N) is 2. The summed E-state index contributed by atoms with van der Waals surface area (Å²) >= 11 is 0. The summed E-state index contributed by atoms with van der Waals surface area (Å²) < 4.78 is 25.9. The van der Waals surface area contributed by atoms with Gasteiger partial charge in [0.2, 0.25) is 5.91 Å². The molecule has 0 bridgehead atoms. The van der Waals surface area contributed by atoms with E-state index in [1.807, 2.05) is 19.1 Å². The van der Waals surface area contributed by atoms with Crippen LogP contribution < -0.4 is 10.6 Å². The number of carbonyl (C=O) groups excluding carboxylic acids is 2. The summed E-state index contributed by atoms with van der Waals surface area (Å²) in [4.78, 5) is 24.4. The van der Waals surface area contributed by atoms with Crippen molar-refractivity contribution in [3.05, 3.63) is 101 Å². The maximum absolute atomic E-state index is 13.0. The first-order valence-electron chi connectivity index (χ1n) is 9.61. The fourth-order valence-electron chi connectivity index (χ4n) is 2.97. The average molecular weight is 408 g/mol. The quantitative estimate of drug-likeness (QED) is 0.576. The molecule has 0 aromatic heterocycles. The van der Waals surface area contributed by atoms with E-state index in [1.54, 1.807) is 24.3 Å². The fraction of sp³-hybridized carbons (Fsp3) is 0.167. The van der Waals surface area contributed by atoms with E-state index >= 15 is 0 Å². The lowest BCUT2D eigenvalue weighted by Gasteiger charge is -2.15. The molecule has 2 amide bonds. The van der Waals surface area contributed by atoms with Crippen molar-refractivity contribution in [1.29, 1.82) is 0 Å². The highest BCUT2D eigenvalue weighted by atomic mass is 19.1. The molecule has 2 N–H and O–H groups in total. The van der Waals surface area contributed by atoms with E-state index in [-0.39, 0.29) is 23.7 Å². The van der Waals surface area contributed by atoms with E-state index < -0.39 is 5.82 Å². The molecule has 0 fully saturated rings.